The molecular weight excluding hydrogens is 319 g/mol. The Kier molecular flexibility index (Phi) is 3.90. The zero-order valence-electron chi connectivity index (χ0n) is 15.5. The van der Waals surface area contributed by atoms with Crippen molar-refractivity contribution < 1.29 is 18.7 Å². The number of esters is 1. The van der Waals surface area contributed by atoms with E-state index in [0.717, 1.165) is 38.5 Å². The van der Waals surface area contributed by atoms with Crippen molar-refractivity contribution in [2.75, 3.05) is 0 Å². The quantitative estimate of drug-likeness (QED) is 0.521. The molecule has 0 spiro atoms. The fourth-order valence-electron chi connectivity index (χ4n) is 6.71. The molecule has 0 aromatic carbocycles. The van der Waals surface area contributed by atoms with Gasteiger partial charge in [-0.3, -0.25) is 9.59 Å². The summed E-state index contributed by atoms with van der Waals surface area (Å²) < 4.78 is 19.7. The first-order valence-corrected chi connectivity index (χ1v) is 9.81. The number of hydrogen-bond acceptors (Lipinski definition) is 3. The van der Waals surface area contributed by atoms with Gasteiger partial charge < -0.3 is 4.74 Å². The van der Waals surface area contributed by atoms with E-state index in [9.17, 15) is 14.0 Å². The minimum atomic E-state index is -1.26. The lowest BCUT2D eigenvalue weighted by molar-refractivity contribution is -0.148. The summed E-state index contributed by atoms with van der Waals surface area (Å²) in [6.07, 6.45) is 7.06. The van der Waals surface area contributed by atoms with E-state index in [1.165, 1.54) is 12.5 Å². The number of allylic oxidation sites excluding steroid dienone is 1. The molecule has 0 aromatic rings. The van der Waals surface area contributed by atoms with Gasteiger partial charge >= 0.3 is 5.97 Å². The molecule has 0 heterocycles. The summed E-state index contributed by atoms with van der Waals surface area (Å²) in [6.45, 7) is 5.84. The summed E-state index contributed by atoms with van der Waals surface area (Å²) in [7, 11) is 0. The number of alkyl halides is 1. The molecule has 4 heteroatoms. The molecule has 3 nitrogen and oxygen atoms in total. The lowest BCUT2D eigenvalue weighted by Gasteiger charge is -2.56. The Balaban J connectivity index is 1.61. The standard InChI is InChI=1S/C21H29FO3/c1-12(23)25-14-6-8-20(2)13(10-14)4-5-15-16(20)7-9-21(3)17(15)11-18(22)19(21)24/h4,14-18H,5-11H2,1-3H3/t14-,15+,16-,17-,18?,20-,21-/m0/s1. The molecule has 0 N–H and O–H groups in total. The second-order valence-electron chi connectivity index (χ2n) is 9.26. The van der Waals surface area contributed by atoms with E-state index in [0.29, 0.717) is 18.3 Å². The topological polar surface area (TPSA) is 43.4 Å². The molecule has 7 atom stereocenters. The number of hydrogen-bond donors (Lipinski definition) is 0. The predicted octanol–water partition coefficient (Wildman–Crippen LogP) is 4.40. The average molecular weight is 348 g/mol. The van der Waals surface area contributed by atoms with Crippen LogP contribution >= 0.6 is 0 Å². The highest BCUT2D eigenvalue weighted by atomic mass is 19.1. The van der Waals surface area contributed by atoms with Crippen LogP contribution in [0.15, 0.2) is 11.6 Å². The number of carbonyl (C=O) groups excluding carboxylic acids is 2. The minimum Gasteiger partial charge on any atom is -0.462 e. The third-order valence-electron chi connectivity index (χ3n) is 8.09. The number of halogens is 1. The zero-order valence-corrected chi connectivity index (χ0v) is 15.5. The van der Waals surface area contributed by atoms with Crippen molar-refractivity contribution >= 4 is 11.8 Å². The Morgan fingerprint density at radius 3 is 2.64 bits per heavy atom. The number of ketones is 1. The van der Waals surface area contributed by atoms with Gasteiger partial charge in [0.1, 0.15) is 6.10 Å². The predicted molar refractivity (Wildman–Crippen MR) is 92.5 cm³/mol. The van der Waals surface area contributed by atoms with Gasteiger partial charge in [0, 0.05) is 18.8 Å². The van der Waals surface area contributed by atoms with Gasteiger partial charge in [-0.05, 0) is 61.7 Å². The Morgan fingerprint density at radius 2 is 1.92 bits per heavy atom. The van der Waals surface area contributed by atoms with Crippen molar-refractivity contribution in [2.45, 2.75) is 78.0 Å². The lowest BCUT2D eigenvalue weighted by atomic mass is 9.48. The van der Waals surface area contributed by atoms with Crippen LogP contribution in [-0.2, 0) is 14.3 Å². The normalized spacial score (nSPS) is 48.9. The van der Waals surface area contributed by atoms with E-state index < -0.39 is 11.6 Å². The molecule has 3 fully saturated rings. The highest BCUT2D eigenvalue weighted by molar-refractivity contribution is 5.91. The van der Waals surface area contributed by atoms with Crippen LogP contribution in [0.4, 0.5) is 4.39 Å². The van der Waals surface area contributed by atoms with Crippen molar-refractivity contribution in [3.05, 3.63) is 11.6 Å². The molecule has 0 bridgehead atoms. The lowest BCUT2D eigenvalue weighted by Crippen LogP contribution is -2.50. The van der Waals surface area contributed by atoms with Gasteiger partial charge in [0.15, 0.2) is 12.0 Å². The molecule has 1 unspecified atom stereocenters. The second kappa shape index (κ2) is 5.65. The van der Waals surface area contributed by atoms with Crippen molar-refractivity contribution in [1.82, 2.24) is 0 Å². The summed E-state index contributed by atoms with van der Waals surface area (Å²) >= 11 is 0. The third-order valence-corrected chi connectivity index (χ3v) is 8.09. The van der Waals surface area contributed by atoms with Gasteiger partial charge in [-0.25, -0.2) is 4.39 Å². The monoisotopic (exact) mass is 348 g/mol. The Bertz CT molecular complexity index is 641. The molecule has 4 aliphatic rings. The molecular formula is C21H29FO3. The Hall–Kier alpha value is -1.19. The highest BCUT2D eigenvalue weighted by Crippen LogP contribution is 2.64. The van der Waals surface area contributed by atoms with Gasteiger partial charge in [0.25, 0.3) is 0 Å². The van der Waals surface area contributed by atoms with Gasteiger partial charge in [0.05, 0.1) is 0 Å². The smallest absolute Gasteiger partial charge is 0.302 e. The summed E-state index contributed by atoms with van der Waals surface area (Å²) in [5.74, 6) is 0.795. The zero-order chi connectivity index (χ0) is 18.0. The maximum Gasteiger partial charge on any atom is 0.302 e. The Labute approximate surface area is 149 Å². The molecule has 0 amide bonds. The number of ether oxygens (including phenoxy) is 1. The molecule has 25 heavy (non-hydrogen) atoms. The maximum absolute atomic E-state index is 14.2. The van der Waals surface area contributed by atoms with Gasteiger partial charge in [-0.15, -0.1) is 0 Å². The third kappa shape index (κ3) is 2.43. The largest absolute Gasteiger partial charge is 0.462 e. The summed E-state index contributed by atoms with van der Waals surface area (Å²) in [6, 6.07) is 0. The minimum absolute atomic E-state index is 0.00510. The fourth-order valence-corrected chi connectivity index (χ4v) is 6.71. The van der Waals surface area contributed by atoms with E-state index in [2.05, 4.69) is 13.0 Å². The van der Waals surface area contributed by atoms with Crippen LogP contribution in [0.3, 0.4) is 0 Å². The van der Waals surface area contributed by atoms with Crippen molar-refractivity contribution in [3.63, 3.8) is 0 Å². The van der Waals surface area contributed by atoms with E-state index >= 15 is 0 Å². The van der Waals surface area contributed by atoms with Crippen molar-refractivity contribution in [2.24, 2.45) is 28.6 Å². The number of carbonyl (C=O) groups is 2. The number of rotatable bonds is 1. The molecule has 0 saturated heterocycles. The fraction of sp³-hybridized carbons (Fsp3) is 0.810. The molecule has 0 radical (unpaired) electrons. The van der Waals surface area contributed by atoms with Crippen LogP contribution < -0.4 is 0 Å². The van der Waals surface area contributed by atoms with Crippen molar-refractivity contribution in [1.29, 1.82) is 0 Å². The second-order valence-corrected chi connectivity index (χ2v) is 9.26. The molecule has 3 saturated carbocycles. The first-order valence-electron chi connectivity index (χ1n) is 9.81. The van der Waals surface area contributed by atoms with Crippen molar-refractivity contribution in [3.8, 4) is 0 Å². The van der Waals surface area contributed by atoms with Crippen LogP contribution in [-0.4, -0.2) is 24.0 Å². The average Bonchev–Trinajstić information content (AvgIpc) is 2.78. The van der Waals surface area contributed by atoms with E-state index in [1.54, 1.807) is 0 Å². The first-order chi connectivity index (χ1) is 11.8. The van der Waals surface area contributed by atoms with E-state index in [4.69, 9.17) is 4.74 Å². The SMILES string of the molecule is CC(=O)O[C@H]1CC[C@@]2(C)C(=CC[C@@H]3[C@@H]2CC[C@]2(C)C(=O)C(F)C[C@@H]32)C1. The number of fused-ring (bicyclic) bond motifs is 5. The van der Waals surface area contributed by atoms with Crippen LogP contribution in [0.2, 0.25) is 0 Å². The maximum atomic E-state index is 14.2. The van der Waals surface area contributed by atoms with Crippen LogP contribution in [0.25, 0.3) is 0 Å². The van der Waals surface area contributed by atoms with Crippen LogP contribution in [0.1, 0.15) is 65.7 Å². The van der Waals surface area contributed by atoms with Crippen LogP contribution in [0, 0.1) is 28.6 Å². The number of Topliss-reactive ketones (excluding diaryl/α,β-unsaturated/α-hetero) is 1. The molecule has 0 aliphatic heterocycles. The summed E-state index contributed by atoms with van der Waals surface area (Å²) in [5, 5.41) is 0. The molecule has 138 valence electrons. The molecule has 4 rings (SSSR count). The first kappa shape index (κ1) is 17.2. The van der Waals surface area contributed by atoms with E-state index in [-0.39, 0.29) is 29.2 Å². The van der Waals surface area contributed by atoms with Crippen LogP contribution in [0.5, 0.6) is 0 Å². The van der Waals surface area contributed by atoms with Gasteiger partial charge in [0.2, 0.25) is 0 Å². The Morgan fingerprint density at radius 1 is 1.20 bits per heavy atom. The van der Waals surface area contributed by atoms with Gasteiger partial charge in [-0.1, -0.05) is 25.5 Å². The van der Waals surface area contributed by atoms with Gasteiger partial charge in [-0.2, -0.15) is 0 Å². The summed E-state index contributed by atoms with van der Waals surface area (Å²) in [5.41, 5.74) is 1.10. The molecule has 4 aliphatic carbocycles. The summed E-state index contributed by atoms with van der Waals surface area (Å²) in [4.78, 5) is 23.7. The highest BCUT2D eigenvalue weighted by Gasteiger charge is 2.61. The van der Waals surface area contributed by atoms with E-state index in [1.807, 2.05) is 6.92 Å². The molecule has 0 aromatic heterocycles.